The van der Waals surface area contributed by atoms with E-state index in [0.717, 1.165) is 6.08 Å². The molecule has 0 aromatic heterocycles. The van der Waals surface area contributed by atoms with Crippen LogP contribution in [0.3, 0.4) is 0 Å². The number of aliphatic hydroxyl groups excluding tert-OH is 1. The lowest BCUT2D eigenvalue weighted by Crippen LogP contribution is -1.75. The molecule has 8 heavy (non-hydrogen) atoms. The first-order valence-corrected chi connectivity index (χ1v) is 2.05. The third kappa shape index (κ3) is 2.18. The lowest BCUT2D eigenvalue weighted by atomic mass is 10.4. The Balaban J connectivity index is 3.99. The minimum absolute atomic E-state index is 0.472. The highest BCUT2D eigenvalue weighted by Gasteiger charge is 1.91. The lowest BCUT2D eigenvalue weighted by Gasteiger charge is -1.87. The molecule has 44 valence electrons. The Bertz CT molecular complexity index is 135. The molecule has 0 amide bonds. The van der Waals surface area contributed by atoms with E-state index in [2.05, 4.69) is 13.2 Å². The minimum Gasteiger partial charge on any atom is -0.505 e. The molecule has 0 fully saturated rings. The monoisotopic (exact) mass is 114 g/mol. The first kappa shape index (κ1) is 6.95. The Morgan fingerprint density at radius 1 is 1.62 bits per heavy atom. The van der Waals surface area contributed by atoms with Crippen LogP contribution < -0.4 is 0 Å². The Kier molecular flexibility index (Phi) is 2.62. The van der Waals surface area contributed by atoms with Crippen molar-refractivity contribution in [2.75, 3.05) is 0 Å². The molecule has 0 aliphatic heterocycles. The average molecular weight is 114 g/mol. The van der Waals surface area contributed by atoms with Crippen molar-refractivity contribution in [2.45, 2.75) is 0 Å². The van der Waals surface area contributed by atoms with Crippen LogP contribution in [0.2, 0.25) is 0 Å². The summed E-state index contributed by atoms with van der Waals surface area (Å²) in [5.74, 6) is -1.31. The SMILES string of the molecule is C=C/C=C(/O)C(=C)F. The summed E-state index contributed by atoms with van der Waals surface area (Å²) < 4.78 is 11.7. The second kappa shape index (κ2) is 3.02. The summed E-state index contributed by atoms with van der Waals surface area (Å²) in [6.45, 7) is 6.08. The number of aliphatic hydroxyl groups is 1. The van der Waals surface area contributed by atoms with Gasteiger partial charge in [0, 0.05) is 0 Å². The van der Waals surface area contributed by atoms with Gasteiger partial charge in [0.2, 0.25) is 0 Å². The second-order valence-electron chi connectivity index (χ2n) is 1.19. The van der Waals surface area contributed by atoms with Crippen LogP contribution in [-0.2, 0) is 0 Å². The van der Waals surface area contributed by atoms with E-state index in [9.17, 15) is 4.39 Å². The minimum atomic E-state index is -0.843. The molecule has 0 atom stereocenters. The van der Waals surface area contributed by atoms with Gasteiger partial charge in [0.05, 0.1) is 0 Å². The van der Waals surface area contributed by atoms with E-state index in [-0.39, 0.29) is 0 Å². The standard InChI is InChI=1S/C6H7FO/c1-3-4-6(8)5(2)7/h3-4,8H,1-2H2/b6-4+. The van der Waals surface area contributed by atoms with Gasteiger partial charge in [0.25, 0.3) is 0 Å². The van der Waals surface area contributed by atoms with Crippen molar-refractivity contribution in [3.8, 4) is 0 Å². The summed E-state index contributed by atoms with van der Waals surface area (Å²) in [6, 6.07) is 0. The van der Waals surface area contributed by atoms with Gasteiger partial charge < -0.3 is 5.11 Å². The van der Waals surface area contributed by atoms with Crippen LogP contribution in [0.25, 0.3) is 0 Å². The zero-order valence-electron chi connectivity index (χ0n) is 4.39. The van der Waals surface area contributed by atoms with E-state index in [1.807, 2.05) is 0 Å². The molecule has 0 radical (unpaired) electrons. The van der Waals surface area contributed by atoms with Crippen LogP contribution in [-0.4, -0.2) is 5.11 Å². The first-order chi connectivity index (χ1) is 3.68. The molecule has 0 unspecified atom stereocenters. The van der Waals surface area contributed by atoms with Gasteiger partial charge in [0.1, 0.15) is 0 Å². The molecule has 2 heteroatoms. The van der Waals surface area contributed by atoms with E-state index in [1.54, 1.807) is 0 Å². The van der Waals surface area contributed by atoms with Gasteiger partial charge in [-0.1, -0.05) is 19.2 Å². The van der Waals surface area contributed by atoms with Gasteiger partial charge in [-0.3, -0.25) is 0 Å². The van der Waals surface area contributed by atoms with Crippen molar-refractivity contribution in [2.24, 2.45) is 0 Å². The van der Waals surface area contributed by atoms with Crippen LogP contribution in [0.5, 0.6) is 0 Å². The predicted octanol–water partition coefficient (Wildman–Crippen LogP) is 2.10. The van der Waals surface area contributed by atoms with Crippen molar-refractivity contribution < 1.29 is 9.50 Å². The summed E-state index contributed by atoms with van der Waals surface area (Å²) in [7, 11) is 0. The molecule has 0 aliphatic carbocycles. The van der Waals surface area contributed by atoms with Gasteiger partial charge >= 0.3 is 0 Å². The normalized spacial score (nSPS) is 10.9. The summed E-state index contributed by atoms with van der Waals surface area (Å²) >= 11 is 0. The third-order valence-corrected chi connectivity index (χ3v) is 0.554. The highest BCUT2D eigenvalue weighted by Crippen LogP contribution is 2.02. The molecule has 0 heterocycles. The largest absolute Gasteiger partial charge is 0.505 e. The molecule has 0 aliphatic rings. The van der Waals surface area contributed by atoms with E-state index in [1.165, 1.54) is 6.08 Å². The van der Waals surface area contributed by atoms with Crippen molar-refractivity contribution >= 4 is 0 Å². The summed E-state index contributed by atoms with van der Waals surface area (Å²) in [5, 5.41) is 8.44. The third-order valence-electron chi connectivity index (χ3n) is 0.554. The van der Waals surface area contributed by atoms with Gasteiger partial charge in [0.15, 0.2) is 11.6 Å². The van der Waals surface area contributed by atoms with Gasteiger partial charge in [-0.2, -0.15) is 0 Å². The van der Waals surface area contributed by atoms with E-state index in [4.69, 9.17) is 5.11 Å². The van der Waals surface area contributed by atoms with E-state index < -0.39 is 11.6 Å². The van der Waals surface area contributed by atoms with Crippen LogP contribution >= 0.6 is 0 Å². The molecule has 0 saturated carbocycles. The molecule has 0 saturated heterocycles. The van der Waals surface area contributed by atoms with Crippen LogP contribution in [0, 0.1) is 0 Å². The fraction of sp³-hybridized carbons (Fsp3) is 0. The van der Waals surface area contributed by atoms with Crippen LogP contribution in [0.4, 0.5) is 4.39 Å². The van der Waals surface area contributed by atoms with E-state index in [0.29, 0.717) is 0 Å². The molecule has 0 spiro atoms. The zero-order valence-corrected chi connectivity index (χ0v) is 4.39. The van der Waals surface area contributed by atoms with Gasteiger partial charge in [-0.25, -0.2) is 4.39 Å². The highest BCUT2D eigenvalue weighted by atomic mass is 19.1. The number of hydrogen-bond acceptors (Lipinski definition) is 1. The molecule has 0 bridgehead atoms. The van der Waals surface area contributed by atoms with Crippen molar-refractivity contribution in [3.05, 3.63) is 36.9 Å². The topological polar surface area (TPSA) is 20.2 Å². The average Bonchev–Trinajstić information content (AvgIpc) is 1.67. The summed E-state index contributed by atoms with van der Waals surface area (Å²) in [4.78, 5) is 0. The van der Waals surface area contributed by atoms with E-state index >= 15 is 0 Å². The molecule has 0 rings (SSSR count). The summed E-state index contributed by atoms with van der Waals surface area (Å²) in [5.41, 5.74) is 0. The smallest absolute Gasteiger partial charge is 0.157 e. The maximum atomic E-state index is 11.7. The van der Waals surface area contributed by atoms with Crippen molar-refractivity contribution in [1.29, 1.82) is 0 Å². The molecule has 1 N–H and O–H groups in total. The number of hydrogen-bond donors (Lipinski definition) is 1. The van der Waals surface area contributed by atoms with Crippen molar-refractivity contribution in [3.63, 3.8) is 0 Å². The molecular weight excluding hydrogens is 107 g/mol. The number of halogens is 1. The summed E-state index contributed by atoms with van der Waals surface area (Å²) in [6.07, 6.45) is 2.41. The maximum Gasteiger partial charge on any atom is 0.157 e. The Labute approximate surface area is 47.5 Å². The quantitative estimate of drug-likeness (QED) is 0.430. The Morgan fingerprint density at radius 2 is 2.12 bits per heavy atom. The van der Waals surface area contributed by atoms with Gasteiger partial charge in [-0.05, 0) is 6.08 Å². The molecule has 1 nitrogen and oxygen atoms in total. The second-order valence-corrected chi connectivity index (χ2v) is 1.19. The number of allylic oxidation sites excluding steroid dienone is 3. The lowest BCUT2D eigenvalue weighted by molar-refractivity contribution is 0.390. The number of rotatable bonds is 2. The fourth-order valence-corrected chi connectivity index (χ4v) is 0.202. The molecular formula is C6H7FO. The maximum absolute atomic E-state index is 11.7. The van der Waals surface area contributed by atoms with Crippen molar-refractivity contribution in [1.82, 2.24) is 0 Å². The fourth-order valence-electron chi connectivity index (χ4n) is 0.202. The van der Waals surface area contributed by atoms with Crippen LogP contribution in [0.15, 0.2) is 36.9 Å². The molecule has 0 aromatic carbocycles. The highest BCUT2D eigenvalue weighted by molar-refractivity contribution is 5.18. The predicted molar refractivity (Wildman–Crippen MR) is 31.2 cm³/mol. The Hall–Kier alpha value is -1.05. The first-order valence-electron chi connectivity index (χ1n) is 2.05. The Morgan fingerprint density at radius 3 is 2.25 bits per heavy atom. The van der Waals surface area contributed by atoms with Crippen LogP contribution in [0.1, 0.15) is 0 Å². The van der Waals surface area contributed by atoms with Gasteiger partial charge in [-0.15, -0.1) is 0 Å². The molecule has 0 aromatic rings. The zero-order chi connectivity index (χ0) is 6.57.